The van der Waals surface area contributed by atoms with E-state index in [1.807, 2.05) is 0 Å². The molecule has 2 unspecified atom stereocenters. The zero-order valence-corrected chi connectivity index (χ0v) is 12.0. The third-order valence-electron chi connectivity index (χ3n) is 2.56. The molecular formula is C8H4F13I. The number of halogens is 14. The molecule has 2 atom stereocenters. The van der Waals surface area contributed by atoms with E-state index in [1.54, 1.807) is 0 Å². The van der Waals surface area contributed by atoms with Crippen LogP contribution in [0.15, 0.2) is 0 Å². The van der Waals surface area contributed by atoms with Crippen LogP contribution < -0.4 is 0 Å². The molecule has 0 fully saturated rings. The average molecular weight is 474 g/mol. The van der Waals surface area contributed by atoms with E-state index >= 15 is 0 Å². The van der Waals surface area contributed by atoms with Crippen LogP contribution in [0.4, 0.5) is 57.1 Å². The van der Waals surface area contributed by atoms with Crippen LogP contribution in [0.25, 0.3) is 0 Å². The van der Waals surface area contributed by atoms with Crippen molar-refractivity contribution in [2.45, 2.75) is 46.6 Å². The molecule has 0 aliphatic rings. The molecule has 0 radical (unpaired) electrons. The number of rotatable bonds is 4. The van der Waals surface area contributed by atoms with Crippen LogP contribution >= 0.6 is 22.6 Å². The maximum absolute atomic E-state index is 13.6. The Hall–Kier alpha value is -0.180. The van der Waals surface area contributed by atoms with Gasteiger partial charge in [-0.15, -0.1) is 0 Å². The van der Waals surface area contributed by atoms with Gasteiger partial charge in [-0.2, -0.15) is 52.7 Å². The molecule has 0 aromatic heterocycles. The van der Waals surface area contributed by atoms with Gasteiger partial charge in [-0.1, -0.05) is 22.6 Å². The summed E-state index contributed by atoms with van der Waals surface area (Å²) in [6.07, 6.45) is -14.2. The minimum absolute atomic E-state index is 0.0379. The molecule has 0 saturated heterocycles. The van der Waals surface area contributed by atoms with Gasteiger partial charge in [0.05, 0.1) is 3.92 Å². The van der Waals surface area contributed by atoms with E-state index in [4.69, 9.17) is 0 Å². The number of alkyl halides is 14. The maximum Gasteiger partial charge on any atom is 0.460 e. The van der Waals surface area contributed by atoms with Crippen LogP contribution in [0.1, 0.15) is 6.92 Å². The van der Waals surface area contributed by atoms with Crippen LogP contribution in [-0.4, -0.2) is 39.7 Å². The Morgan fingerprint density at radius 1 is 0.545 bits per heavy atom. The number of hydrogen-bond acceptors (Lipinski definition) is 0. The molecular weight excluding hydrogens is 470 g/mol. The van der Waals surface area contributed by atoms with Gasteiger partial charge in [-0.3, -0.25) is 0 Å². The Morgan fingerprint density at radius 2 is 0.864 bits per heavy atom. The summed E-state index contributed by atoms with van der Waals surface area (Å²) in [7, 11) is 0. The molecule has 0 aromatic rings. The quantitative estimate of drug-likeness (QED) is 0.285. The third kappa shape index (κ3) is 2.72. The zero-order chi connectivity index (χ0) is 18.6. The molecule has 0 aliphatic carbocycles. The molecule has 0 saturated carbocycles. The lowest BCUT2D eigenvalue weighted by molar-refractivity contribution is -0.430. The fourth-order valence-corrected chi connectivity index (χ4v) is 2.00. The first-order chi connectivity index (χ1) is 9.19. The topological polar surface area (TPSA) is 0 Å². The lowest BCUT2D eigenvalue weighted by Crippen LogP contribution is -2.72. The Kier molecular flexibility index (Phi) is 5.38. The third-order valence-corrected chi connectivity index (χ3v) is 3.42. The second-order valence-electron chi connectivity index (χ2n) is 4.05. The molecule has 0 spiro atoms. The number of hydrogen-bond donors (Lipinski definition) is 0. The van der Waals surface area contributed by atoms with Crippen LogP contribution in [0.3, 0.4) is 0 Å². The SMILES string of the molecule is CC(I)C(F)(C(F)(F)F)C(F)(F)C(F)(F)C(F)(F)C(F)(F)F. The van der Waals surface area contributed by atoms with Crippen LogP contribution in [0.5, 0.6) is 0 Å². The van der Waals surface area contributed by atoms with Crippen molar-refractivity contribution in [3.05, 3.63) is 0 Å². The molecule has 0 heterocycles. The normalized spacial score (nSPS) is 19.8. The molecule has 22 heavy (non-hydrogen) atoms. The molecule has 0 aliphatic heterocycles. The van der Waals surface area contributed by atoms with E-state index in [-0.39, 0.29) is 29.5 Å². The summed E-state index contributed by atoms with van der Waals surface area (Å²) in [5.74, 6) is -22.7. The fourth-order valence-electron chi connectivity index (χ4n) is 1.26. The predicted octanol–water partition coefficient (Wildman–Crippen LogP) is 5.55. The van der Waals surface area contributed by atoms with Crippen LogP contribution in [0, 0.1) is 0 Å². The highest BCUT2D eigenvalue weighted by atomic mass is 127. The Morgan fingerprint density at radius 3 is 1.05 bits per heavy atom. The first kappa shape index (κ1) is 21.8. The van der Waals surface area contributed by atoms with Crippen LogP contribution in [-0.2, 0) is 0 Å². The molecule has 0 amide bonds. The Bertz CT molecular complexity index is 405. The van der Waals surface area contributed by atoms with Crippen molar-refractivity contribution < 1.29 is 57.1 Å². The molecule has 14 heteroatoms. The van der Waals surface area contributed by atoms with Crippen molar-refractivity contribution in [3.8, 4) is 0 Å². The second kappa shape index (κ2) is 5.43. The van der Waals surface area contributed by atoms with Gasteiger partial charge in [-0.05, 0) is 6.92 Å². The van der Waals surface area contributed by atoms with Gasteiger partial charge in [0.2, 0.25) is 0 Å². The first-order valence-electron chi connectivity index (χ1n) is 4.79. The van der Waals surface area contributed by atoms with Crippen molar-refractivity contribution >= 4 is 22.6 Å². The zero-order valence-electron chi connectivity index (χ0n) is 9.87. The molecule has 0 N–H and O–H groups in total. The van der Waals surface area contributed by atoms with Gasteiger partial charge in [-0.25, -0.2) is 4.39 Å². The lowest BCUT2D eigenvalue weighted by atomic mass is 9.86. The predicted molar refractivity (Wildman–Crippen MR) is 54.3 cm³/mol. The Balaban J connectivity index is 6.43. The summed E-state index contributed by atoms with van der Waals surface area (Å²) in [5.41, 5.74) is -6.33. The summed E-state index contributed by atoms with van der Waals surface area (Å²) < 4.78 is 160. The van der Waals surface area contributed by atoms with E-state index in [0.717, 1.165) is 0 Å². The minimum Gasteiger partial charge on any atom is -0.226 e. The summed E-state index contributed by atoms with van der Waals surface area (Å²) in [4.78, 5) is 0. The standard InChI is InChI=1S/C8H4F13I/c1-2(22)3(9,7(16,17)18)4(10,11)5(12,13)6(14,15)8(19,20)21/h2H,1H3. The molecule has 0 aromatic carbocycles. The van der Waals surface area contributed by atoms with Gasteiger partial charge >= 0.3 is 30.1 Å². The van der Waals surface area contributed by atoms with E-state index in [1.165, 1.54) is 0 Å². The van der Waals surface area contributed by atoms with E-state index in [9.17, 15) is 57.1 Å². The van der Waals surface area contributed by atoms with Crippen molar-refractivity contribution in [3.63, 3.8) is 0 Å². The highest BCUT2D eigenvalue weighted by Crippen LogP contribution is 2.61. The van der Waals surface area contributed by atoms with Crippen molar-refractivity contribution in [1.29, 1.82) is 0 Å². The van der Waals surface area contributed by atoms with Gasteiger partial charge in [0.15, 0.2) is 0 Å². The summed E-state index contributed by atoms with van der Waals surface area (Å²) in [6, 6.07) is 0. The van der Waals surface area contributed by atoms with Gasteiger partial charge < -0.3 is 0 Å². The lowest BCUT2D eigenvalue weighted by Gasteiger charge is -2.42. The fraction of sp³-hybridized carbons (Fsp3) is 1.00. The average Bonchev–Trinajstić information content (AvgIpc) is 2.23. The van der Waals surface area contributed by atoms with Crippen molar-refractivity contribution in [2.75, 3.05) is 0 Å². The largest absolute Gasteiger partial charge is 0.460 e. The van der Waals surface area contributed by atoms with Gasteiger partial charge in [0.25, 0.3) is 5.67 Å². The van der Waals surface area contributed by atoms with Gasteiger partial charge in [0, 0.05) is 0 Å². The molecule has 0 rings (SSSR count). The minimum atomic E-state index is -7.69. The molecule has 0 bridgehead atoms. The van der Waals surface area contributed by atoms with E-state index < -0.39 is 39.7 Å². The second-order valence-corrected chi connectivity index (χ2v) is 5.91. The summed E-state index contributed by atoms with van der Waals surface area (Å²) >= 11 is 0.226. The summed E-state index contributed by atoms with van der Waals surface area (Å²) in [6.45, 7) is -0.0379. The first-order valence-corrected chi connectivity index (χ1v) is 6.04. The molecule has 0 nitrogen and oxygen atoms in total. The Labute approximate surface area is 127 Å². The van der Waals surface area contributed by atoms with E-state index in [0.29, 0.717) is 0 Å². The van der Waals surface area contributed by atoms with E-state index in [2.05, 4.69) is 0 Å². The maximum atomic E-state index is 13.6. The van der Waals surface area contributed by atoms with Crippen molar-refractivity contribution in [2.24, 2.45) is 0 Å². The highest BCUT2D eigenvalue weighted by Gasteiger charge is 2.90. The highest BCUT2D eigenvalue weighted by molar-refractivity contribution is 14.1. The molecule has 134 valence electrons. The summed E-state index contributed by atoms with van der Waals surface area (Å²) in [5, 5.41) is 0. The smallest absolute Gasteiger partial charge is 0.226 e. The van der Waals surface area contributed by atoms with Crippen molar-refractivity contribution in [1.82, 2.24) is 0 Å². The van der Waals surface area contributed by atoms with Gasteiger partial charge in [0.1, 0.15) is 0 Å². The van der Waals surface area contributed by atoms with Crippen LogP contribution in [0.2, 0.25) is 0 Å². The monoisotopic (exact) mass is 474 g/mol.